The molecule has 1 aromatic heterocycles. The molecule has 3 N–H and O–H groups in total. The molecule has 0 amide bonds. The zero-order chi connectivity index (χ0) is 9.90. The molecule has 0 atom stereocenters. The van der Waals surface area contributed by atoms with Crippen molar-refractivity contribution in [3.63, 3.8) is 0 Å². The Morgan fingerprint density at radius 2 is 1.92 bits per heavy atom. The van der Waals surface area contributed by atoms with E-state index >= 15 is 0 Å². The number of rotatable bonds is 3. The molecule has 0 bridgehead atoms. The largest absolute Gasteiger partial charge is 0.348 e. The fourth-order valence-corrected chi connectivity index (χ4v) is 0.811. The van der Waals surface area contributed by atoms with Gasteiger partial charge in [0, 0.05) is 24.5 Å². The molecule has 0 fully saturated rings. The summed E-state index contributed by atoms with van der Waals surface area (Å²) < 4.78 is 0. The first-order chi connectivity index (χ1) is 6.03. The minimum absolute atomic E-state index is 0.157. The smallest absolute Gasteiger partial charge is 0.223 e. The normalized spacial score (nSPS) is 11.4. The maximum atomic E-state index is 5.57. The second kappa shape index (κ2) is 3.70. The topological polar surface area (TPSA) is 63.8 Å². The molecular weight excluding hydrogens is 164 g/mol. The molecular formula is C9H16N4. The van der Waals surface area contributed by atoms with Gasteiger partial charge in [0.15, 0.2) is 0 Å². The zero-order valence-corrected chi connectivity index (χ0v) is 8.33. The number of nitrogens with two attached hydrogens (primary N) is 1. The third kappa shape index (κ3) is 2.99. The molecule has 1 aromatic rings. The lowest BCUT2D eigenvalue weighted by Crippen LogP contribution is -2.39. The van der Waals surface area contributed by atoms with Crippen LogP contribution in [0, 0.1) is 6.92 Å². The van der Waals surface area contributed by atoms with Gasteiger partial charge in [-0.25, -0.2) is 9.97 Å². The summed E-state index contributed by atoms with van der Waals surface area (Å²) in [6.45, 7) is 6.52. The SMILES string of the molecule is Cc1cnc(NC(C)(C)CN)nc1. The molecule has 0 aliphatic carbocycles. The number of hydrogen-bond donors (Lipinski definition) is 2. The Morgan fingerprint density at radius 3 is 2.38 bits per heavy atom. The van der Waals surface area contributed by atoms with Gasteiger partial charge in [0.25, 0.3) is 0 Å². The second-order valence-electron chi connectivity index (χ2n) is 3.80. The van der Waals surface area contributed by atoms with Crippen molar-refractivity contribution in [1.29, 1.82) is 0 Å². The second-order valence-corrected chi connectivity index (χ2v) is 3.80. The van der Waals surface area contributed by atoms with Gasteiger partial charge in [-0.2, -0.15) is 0 Å². The molecule has 0 saturated carbocycles. The van der Waals surface area contributed by atoms with Crippen molar-refractivity contribution >= 4 is 5.95 Å². The molecule has 0 aliphatic heterocycles. The summed E-state index contributed by atoms with van der Waals surface area (Å²) in [5.41, 5.74) is 6.46. The first-order valence-corrected chi connectivity index (χ1v) is 4.30. The van der Waals surface area contributed by atoms with Crippen molar-refractivity contribution in [3.8, 4) is 0 Å². The van der Waals surface area contributed by atoms with Crippen LogP contribution in [0.5, 0.6) is 0 Å². The Bertz CT molecular complexity index is 265. The molecule has 0 unspecified atom stereocenters. The molecule has 4 heteroatoms. The number of anilines is 1. The zero-order valence-electron chi connectivity index (χ0n) is 8.33. The molecule has 1 heterocycles. The van der Waals surface area contributed by atoms with Crippen molar-refractivity contribution in [1.82, 2.24) is 9.97 Å². The molecule has 0 aromatic carbocycles. The summed E-state index contributed by atoms with van der Waals surface area (Å²) >= 11 is 0. The molecule has 1 rings (SSSR count). The average molecular weight is 180 g/mol. The molecule has 0 saturated heterocycles. The van der Waals surface area contributed by atoms with Crippen molar-refractivity contribution in [3.05, 3.63) is 18.0 Å². The number of aryl methyl sites for hydroxylation is 1. The van der Waals surface area contributed by atoms with Crippen molar-refractivity contribution in [2.45, 2.75) is 26.3 Å². The molecule has 0 radical (unpaired) electrons. The maximum Gasteiger partial charge on any atom is 0.223 e. The van der Waals surface area contributed by atoms with Gasteiger partial charge in [-0.05, 0) is 26.3 Å². The Kier molecular flexibility index (Phi) is 2.83. The van der Waals surface area contributed by atoms with Crippen molar-refractivity contribution in [2.75, 3.05) is 11.9 Å². The first kappa shape index (κ1) is 9.92. The van der Waals surface area contributed by atoms with Crippen LogP contribution < -0.4 is 11.1 Å². The van der Waals surface area contributed by atoms with Crippen LogP contribution in [0.1, 0.15) is 19.4 Å². The van der Waals surface area contributed by atoms with Gasteiger partial charge in [0.05, 0.1) is 0 Å². The summed E-state index contributed by atoms with van der Waals surface area (Å²) in [5, 5.41) is 3.15. The van der Waals surface area contributed by atoms with E-state index in [1.807, 2.05) is 20.8 Å². The van der Waals surface area contributed by atoms with Crippen LogP contribution >= 0.6 is 0 Å². The lowest BCUT2D eigenvalue weighted by atomic mass is 10.1. The van der Waals surface area contributed by atoms with Crippen LogP contribution in [0.4, 0.5) is 5.95 Å². The van der Waals surface area contributed by atoms with E-state index in [4.69, 9.17) is 5.73 Å². The standard InChI is InChI=1S/C9H16N4/c1-7-4-11-8(12-5-7)13-9(2,3)6-10/h4-5H,6,10H2,1-3H3,(H,11,12,13). The highest BCUT2D eigenvalue weighted by atomic mass is 15.1. The van der Waals surface area contributed by atoms with Gasteiger partial charge in [-0.3, -0.25) is 0 Å². The summed E-state index contributed by atoms with van der Waals surface area (Å²) in [7, 11) is 0. The van der Waals surface area contributed by atoms with E-state index in [0.29, 0.717) is 12.5 Å². The summed E-state index contributed by atoms with van der Waals surface area (Å²) in [5.74, 6) is 0.626. The summed E-state index contributed by atoms with van der Waals surface area (Å²) in [6, 6.07) is 0. The van der Waals surface area contributed by atoms with Crippen molar-refractivity contribution < 1.29 is 0 Å². The maximum absolute atomic E-state index is 5.57. The highest BCUT2D eigenvalue weighted by Gasteiger charge is 2.15. The van der Waals surface area contributed by atoms with Crippen LogP contribution in [-0.2, 0) is 0 Å². The van der Waals surface area contributed by atoms with Crippen LogP contribution in [0.3, 0.4) is 0 Å². The Hall–Kier alpha value is -1.16. The van der Waals surface area contributed by atoms with E-state index in [1.54, 1.807) is 12.4 Å². The Balaban J connectivity index is 2.69. The Labute approximate surface area is 78.6 Å². The van der Waals surface area contributed by atoms with Crippen molar-refractivity contribution in [2.24, 2.45) is 5.73 Å². The summed E-state index contributed by atoms with van der Waals surface area (Å²) in [4.78, 5) is 8.27. The fraction of sp³-hybridized carbons (Fsp3) is 0.556. The van der Waals surface area contributed by atoms with E-state index in [9.17, 15) is 0 Å². The third-order valence-corrected chi connectivity index (χ3v) is 1.74. The van der Waals surface area contributed by atoms with Crippen LogP contribution in [-0.4, -0.2) is 22.1 Å². The fourth-order valence-electron chi connectivity index (χ4n) is 0.811. The van der Waals surface area contributed by atoms with E-state index in [1.165, 1.54) is 0 Å². The molecule has 4 nitrogen and oxygen atoms in total. The highest BCUT2D eigenvalue weighted by Crippen LogP contribution is 2.08. The molecule has 13 heavy (non-hydrogen) atoms. The van der Waals surface area contributed by atoms with Gasteiger partial charge < -0.3 is 11.1 Å². The monoisotopic (exact) mass is 180 g/mol. The lowest BCUT2D eigenvalue weighted by molar-refractivity contribution is 0.574. The average Bonchev–Trinajstić information content (AvgIpc) is 2.09. The highest BCUT2D eigenvalue weighted by molar-refractivity contribution is 5.28. The predicted octanol–water partition coefficient (Wildman–Crippen LogP) is 0.934. The van der Waals surface area contributed by atoms with Gasteiger partial charge in [-0.1, -0.05) is 0 Å². The minimum atomic E-state index is -0.157. The predicted molar refractivity (Wildman–Crippen MR) is 53.5 cm³/mol. The first-order valence-electron chi connectivity index (χ1n) is 4.30. The molecule has 72 valence electrons. The van der Waals surface area contributed by atoms with E-state index < -0.39 is 0 Å². The molecule has 0 spiro atoms. The number of hydrogen-bond acceptors (Lipinski definition) is 4. The molecule has 0 aliphatic rings. The third-order valence-electron chi connectivity index (χ3n) is 1.74. The number of nitrogens with zero attached hydrogens (tertiary/aromatic N) is 2. The Morgan fingerprint density at radius 1 is 1.38 bits per heavy atom. The van der Waals surface area contributed by atoms with E-state index in [0.717, 1.165) is 5.56 Å². The van der Waals surface area contributed by atoms with Crippen LogP contribution in [0.2, 0.25) is 0 Å². The van der Waals surface area contributed by atoms with Gasteiger partial charge >= 0.3 is 0 Å². The number of aromatic nitrogens is 2. The van der Waals surface area contributed by atoms with Gasteiger partial charge in [-0.15, -0.1) is 0 Å². The van der Waals surface area contributed by atoms with Gasteiger partial charge in [0.2, 0.25) is 5.95 Å². The van der Waals surface area contributed by atoms with Crippen LogP contribution in [0.15, 0.2) is 12.4 Å². The van der Waals surface area contributed by atoms with E-state index in [-0.39, 0.29) is 5.54 Å². The lowest BCUT2D eigenvalue weighted by Gasteiger charge is -2.23. The minimum Gasteiger partial charge on any atom is -0.348 e. The quantitative estimate of drug-likeness (QED) is 0.726. The van der Waals surface area contributed by atoms with Gasteiger partial charge in [0.1, 0.15) is 0 Å². The summed E-state index contributed by atoms with van der Waals surface area (Å²) in [6.07, 6.45) is 3.56. The number of nitrogens with one attached hydrogen (secondary N) is 1. The van der Waals surface area contributed by atoms with E-state index in [2.05, 4.69) is 15.3 Å². The van der Waals surface area contributed by atoms with Crippen LogP contribution in [0.25, 0.3) is 0 Å².